The van der Waals surface area contributed by atoms with Gasteiger partial charge in [-0.3, -0.25) is 14.2 Å². The van der Waals surface area contributed by atoms with Gasteiger partial charge in [-0.05, 0) is 42.3 Å². The molecule has 152 valence electrons. The first-order valence-corrected chi connectivity index (χ1v) is 10.9. The second-order valence-electron chi connectivity index (χ2n) is 6.86. The molecule has 29 heavy (non-hydrogen) atoms. The summed E-state index contributed by atoms with van der Waals surface area (Å²) in [5.41, 5.74) is 0.864. The highest BCUT2D eigenvalue weighted by Crippen LogP contribution is 2.24. The van der Waals surface area contributed by atoms with Crippen LogP contribution in [-0.4, -0.2) is 21.2 Å². The van der Waals surface area contributed by atoms with Crippen molar-refractivity contribution < 1.29 is 4.79 Å². The normalized spacial score (nSPS) is 11.2. The van der Waals surface area contributed by atoms with Crippen molar-refractivity contribution in [1.82, 2.24) is 9.55 Å². The molecule has 0 fully saturated rings. The molecule has 0 radical (unpaired) electrons. The molecule has 0 atom stereocenters. The van der Waals surface area contributed by atoms with Crippen LogP contribution in [0.3, 0.4) is 0 Å². The fraction of sp³-hybridized carbons (Fsp3) is 0.250. The van der Waals surface area contributed by atoms with Crippen LogP contribution in [0.15, 0.2) is 46.3 Å². The van der Waals surface area contributed by atoms with E-state index in [1.165, 1.54) is 11.8 Å². The number of benzene rings is 2. The van der Waals surface area contributed by atoms with Gasteiger partial charge >= 0.3 is 0 Å². The van der Waals surface area contributed by atoms with Crippen LogP contribution in [-0.2, 0) is 11.3 Å². The molecule has 0 bridgehead atoms. The first-order chi connectivity index (χ1) is 13.7. The van der Waals surface area contributed by atoms with Crippen LogP contribution in [0.1, 0.15) is 13.8 Å². The molecule has 9 heteroatoms. The lowest BCUT2D eigenvalue weighted by atomic mass is 10.2. The average Bonchev–Trinajstić information content (AvgIpc) is 2.61. The SMILES string of the molecule is CC(C)Cn1c(SCC(=O)Nc2cc(Cl)cc(Cl)c2)nc2cc(Cl)ccc2c1=O. The number of nitrogens with one attached hydrogen (secondary N) is 1. The summed E-state index contributed by atoms with van der Waals surface area (Å²) < 4.78 is 1.61. The number of aromatic nitrogens is 2. The van der Waals surface area contributed by atoms with Crippen LogP contribution in [0.25, 0.3) is 10.9 Å². The summed E-state index contributed by atoms with van der Waals surface area (Å²) in [5, 5.41) is 5.08. The second-order valence-corrected chi connectivity index (χ2v) is 9.11. The summed E-state index contributed by atoms with van der Waals surface area (Å²) in [6, 6.07) is 9.80. The zero-order valence-electron chi connectivity index (χ0n) is 15.7. The molecule has 0 aliphatic heterocycles. The van der Waals surface area contributed by atoms with Gasteiger partial charge in [0.05, 0.1) is 16.7 Å². The van der Waals surface area contributed by atoms with E-state index >= 15 is 0 Å². The lowest BCUT2D eigenvalue weighted by Gasteiger charge is -2.15. The number of carbonyl (C=O) groups excluding carboxylic acids is 1. The summed E-state index contributed by atoms with van der Waals surface area (Å²) in [7, 11) is 0. The molecular weight excluding hydrogens is 453 g/mol. The molecule has 0 saturated carbocycles. The van der Waals surface area contributed by atoms with Crippen molar-refractivity contribution in [2.45, 2.75) is 25.5 Å². The van der Waals surface area contributed by atoms with E-state index in [4.69, 9.17) is 34.8 Å². The molecule has 3 aromatic rings. The Morgan fingerprint density at radius 2 is 1.79 bits per heavy atom. The number of anilines is 1. The number of amides is 1. The number of carbonyl (C=O) groups is 1. The second kappa shape index (κ2) is 9.39. The molecule has 3 rings (SSSR count). The summed E-state index contributed by atoms with van der Waals surface area (Å²) >= 11 is 19.2. The van der Waals surface area contributed by atoms with Crippen LogP contribution in [0, 0.1) is 5.92 Å². The Morgan fingerprint density at radius 1 is 1.10 bits per heavy atom. The number of thioether (sulfide) groups is 1. The minimum atomic E-state index is -0.259. The van der Waals surface area contributed by atoms with Gasteiger partial charge in [0.25, 0.3) is 5.56 Å². The van der Waals surface area contributed by atoms with Crippen LogP contribution in [0.5, 0.6) is 0 Å². The molecule has 2 aromatic carbocycles. The summed E-state index contributed by atoms with van der Waals surface area (Å²) in [6.45, 7) is 4.53. The number of hydrogen-bond acceptors (Lipinski definition) is 4. The Kier molecular flexibility index (Phi) is 7.11. The van der Waals surface area contributed by atoms with Gasteiger partial charge in [-0.2, -0.15) is 0 Å². The maximum absolute atomic E-state index is 12.9. The van der Waals surface area contributed by atoms with Crippen LogP contribution < -0.4 is 10.9 Å². The predicted octanol–water partition coefficient (Wildman–Crippen LogP) is 5.74. The zero-order chi connectivity index (χ0) is 21.1. The average molecular weight is 471 g/mol. The van der Waals surface area contributed by atoms with Gasteiger partial charge in [-0.15, -0.1) is 0 Å². The predicted molar refractivity (Wildman–Crippen MR) is 122 cm³/mol. The van der Waals surface area contributed by atoms with Crippen LogP contribution in [0.2, 0.25) is 15.1 Å². The smallest absolute Gasteiger partial charge is 0.262 e. The Morgan fingerprint density at radius 3 is 2.45 bits per heavy atom. The van der Waals surface area contributed by atoms with E-state index in [-0.39, 0.29) is 23.1 Å². The summed E-state index contributed by atoms with van der Waals surface area (Å²) in [5.74, 6) is 0.0479. The number of halogens is 3. The monoisotopic (exact) mass is 469 g/mol. The van der Waals surface area contributed by atoms with Crippen LogP contribution >= 0.6 is 46.6 Å². The van der Waals surface area contributed by atoms with Gasteiger partial charge < -0.3 is 5.32 Å². The van der Waals surface area contributed by atoms with Crippen molar-refractivity contribution in [2.24, 2.45) is 5.92 Å². The van der Waals surface area contributed by atoms with Gasteiger partial charge in [-0.1, -0.05) is 60.4 Å². The van der Waals surface area contributed by atoms with Crippen molar-refractivity contribution in [1.29, 1.82) is 0 Å². The third kappa shape index (κ3) is 5.66. The number of hydrogen-bond donors (Lipinski definition) is 1. The van der Waals surface area contributed by atoms with Gasteiger partial charge in [-0.25, -0.2) is 4.98 Å². The molecule has 0 saturated heterocycles. The van der Waals surface area contributed by atoms with Crippen molar-refractivity contribution >= 4 is 69.1 Å². The lowest BCUT2D eigenvalue weighted by molar-refractivity contribution is -0.113. The Hall–Kier alpha value is -1.73. The minimum absolute atomic E-state index is 0.0702. The Balaban J connectivity index is 1.85. The van der Waals surface area contributed by atoms with E-state index in [1.54, 1.807) is 41.0 Å². The van der Waals surface area contributed by atoms with Crippen molar-refractivity contribution in [3.8, 4) is 0 Å². The summed E-state index contributed by atoms with van der Waals surface area (Å²) in [4.78, 5) is 29.9. The molecule has 0 aliphatic rings. The molecule has 0 spiro atoms. The zero-order valence-corrected chi connectivity index (χ0v) is 18.8. The van der Waals surface area contributed by atoms with Crippen molar-refractivity contribution in [3.63, 3.8) is 0 Å². The third-order valence-electron chi connectivity index (χ3n) is 3.91. The van der Waals surface area contributed by atoms with E-state index in [0.29, 0.717) is 43.4 Å². The molecule has 5 nitrogen and oxygen atoms in total. The van der Waals surface area contributed by atoms with Crippen molar-refractivity contribution in [3.05, 3.63) is 61.8 Å². The highest BCUT2D eigenvalue weighted by molar-refractivity contribution is 7.99. The van der Waals surface area contributed by atoms with Gasteiger partial charge in [0.1, 0.15) is 0 Å². The number of nitrogens with zero attached hydrogens (tertiary/aromatic N) is 2. The summed E-state index contributed by atoms with van der Waals surface area (Å²) in [6.07, 6.45) is 0. The largest absolute Gasteiger partial charge is 0.325 e. The van der Waals surface area contributed by atoms with E-state index in [9.17, 15) is 9.59 Å². The van der Waals surface area contributed by atoms with Crippen molar-refractivity contribution in [2.75, 3.05) is 11.1 Å². The topological polar surface area (TPSA) is 64.0 Å². The fourth-order valence-corrected chi connectivity index (χ4v) is 4.26. The van der Waals surface area contributed by atoms with Gasteiger partial charge in [0, 0.05) is 27.3 Å². The third-order valence-corrected chi connectivity index (χ3v) is 5.56. The molecule has 0 unspecified atom stereocenters. The van der Waals surface area contributed by atoms with E-state index in [2.05, 4.69) is 10.3 Å². The maximum Gasteiger partial charge on any atom is 0.262 e. The maximum atomic E-state index is 12.9. The Bertz CT molecular complexity index is 1110. The number of fused-ring (bicyclic) bond motifs is 1. The molecule has 1 N–H and O–H groups in total. The molecule has 0 aliphatic carbocycles. The van der Waals surface area contributed by atoms with E-state index in [1.807, 2.05) is 13.8 Å². The first-order valence-electron chi connectivity index (χ1n) is 8.82. The molecule has 1 aromatic heterocycles. The van der Waals surface area contributed by atoms with Crippen LogP contribution in [0.4, 0.5) is 5.69 Å². The quantitative estimate of drug-likeness (QED) is 0.368. The first kappa shape index (κ1) is 22.0. The number of rotatable bonds is 6. The lowest BCUT2D eigenvalue weighted by Crippen LogP contribution is -2.26. The van der Waals surface area contributed by atoms with Gasteiger partial charge in [0.2, 0.25) is 5.91 Å². The minimum Gasteiger partial charge on any atom is -0.325 e. The highest BCUT2D eigenvalue weighted by Gasteiger charge is 2.15. The standard InChI is InChI=1S/C20H18Cl3N3O2S/c1-11(2)9-26-19(28)16-4-3-12(21)8-17(16)25-20(26)29-10-18(27)24-15-6-13(22)5-14(23)7-15/h3-8,11H,9-10H2,1-2H3,(H,24,27). The highest BCUT2D eigenvalue weighted by atomic mass is 35.5. The molecular formula is C20H18Cl3N3O2S. The molecule has 1 heterocycles. The molecule has 1 amide bonds. The fourth-order valence-electron chi connectivity index (χ4n) is 2.76. The van der Waals surface area contributed by atoms with E-state index in [0.717, 1.165) is 0 Å². The van der Waals surface area contributed by atoms with Gasteiger partial charge in [0.15, 0.2) is 5.16 Å². The van der Waals surface area contributed by atoms with E-state index < -0.39 is 0 Å². The Labute approximate surface area is 187 Å².